The molecule has 0 saturated carbocycles. The summed E-state index contributed by atoms with van der Waals surface area (Å²) in [6.45, 7) is 0.885. The van der Waals surface area contributed by atoms with Crippen LogP contribution in [0, 0.1) is 0 Å². The zero-order valence-electron chi connectivity index (χ0n) is 15.0. The Hall–Kier alpha value is -3.02. The fourth-order valence-electron chi connectivity index (χ4n) is 3.87. The zero-order valence-corrected chi connectivity index (χ0v) is 15.0. The van der Waals surface area contributed by atoms with Crippen molar-refractivity contribution in [3.05, 3.63) is 65.0 Å². The highest BCUT2D eigenvalue weighted by Gasteiger charge is 2.29. The van der Waals surface area contributed by atoms with Gasteiger partial charge < -0.3 is 10.2 Å². The van der Waals surface area contributed by atoms with E-state index in [1.807, 2.05) is 12.1 Å². The SMILES string of the molecule is O=C1CC[C@@H](CN(Cc2ccncc2)C(=O)c2cccc3c2CCC3=O)N1. The minimum atomic E-state index is -0.0977. The van der Waals surface area contributed by atoms with Gasteiger partial charge in [0.1, 0.15) is 0 Å². The van der Waals surface area contributed by atoms with Crippen LogP contribution in [-0.4, -0.2) is 40.1 Å². The molecule has 2 aliphatic rings. The number of nitrogens with one attached hydrogen (secondary N) is 1. The van der Waals surface area contributed by atoms with E-state index in [-0.39, 0.29) is 23.6 Å². The van der Waals surface area contributed by atoms with E-state index < -0.39 is 0 Å². The van der Waals surface area contributed by atoms with E-state index in [2.05, 4.69) is 10.3 Å². The fourth-order valence-corrected chi connectivity index (χ4v) is 3.87. The van der Waals surface area contributed by atoms with Crippen molar-refractivity contribution in [2.45, 2.75) is 38.3 Å². The minimum Gasteiger partial charge on any atom is -0.352 e. The summed E-state index contributed by atoms with van der Waals surface area (Å²) in [5, 5.41) is 2.94. The molecule has 1 aliphatic heterocycles. The number of amides is 2. The van der Waals surface area contributed by atoms with Gasteiger partial charge in [0, 0.05) is 55.5 Å². The Balaban J connectivity index is 1.62. The summed E-state index contributed by atoms with van der Waals surface area (Å²) in [5.74, 6) is 0.0328. The van der Waals surface area contributed by atoms with Crippen molar-refractivity contribution in [2.24, 2.45) is 0 Å². The van der Waals surface area contributed by atoms with Gasteiger partial charge in [0.05, 0.1) is 0 Å². The van der Waals surface area contributed by atoms with Gasteiger partial charge in [0.25, 0.3) is 5.91 Å². The third kappa shape index (κ3) is 3.60. The third-order valence-electron chi connectivity index (χ3n) is 5.24. The normalized spacial score (nSPS) is 18.3. The molecule has 1 fully saturated rings. The number of Topliss-reactive ketones (excluding diaryl/α,β-unsaturated/α-hetero) is 1. The van der Waals surface area contributed by atoms with Gasteiger partial charge >= 0.3 is 0 Å². The monoisotopic (exact) mass is 363 g/mol. The summed E-state index contributed by atoms with van der Waals surface area (Å²) in [7, 11) is 0. The Morgan fingerprint density at radius 2 is 1.93 bits per heavy atom. The molecule has 6 nitrogen and oxygen atoms in total. The molecule has 0 bridgehead atoms. The molecule has 1 saturated heterocycles. The summed E-state index contributed by atoms with van der Waals surface area (Å²) in [5.41, 5.74) is 3.09. The van der Waals surface area contributed by atoms with Gasteiger partial charge in [0.2, 0.25) is 5.91 Å². The molecular weight excluding hydrogens is 342 g/mol. The maximum absolute atomic E-state index is 13.4. The van der Waals surface area contributed by atoms with Crippen LogP contribution in [0.25, 0.3) is 0 Å². The number of hydrogen-bond donors (Lipinski definition) is 1. The highest BCUT2D eigenvalue weighted by atomic mass is 16.2. The van der Waals surface area contributed by atoms with Crippen LogP contribution in [0.2, 0.25) is 0 Å². The topological polar surface area (TPSA) is 79.4 Å². The minimum absolute atomic E-state index is 0.0301. The van der Waals surface area contributed by atoms with E-state index in [9.17, 15) is 14.4 Å². The Bertz CT molecular complexity index is 895. The van der Waals surface area contributed by atoms with Crippen molar-refractivity contribution in [3.8, 4) is 0 Å². The van der Waals surface area contributed by atoms with E-state index in [0.717, 1.165) is 17.5 Å². The molecule has 2 aromatic rings. The molecule has 138 valence electrons. The zero-order chi connectivity index (χ0) is 18.8. The number of carbonyl (C=O) groups is 3. The number of aromatic nitrogens is 1. The second kappa shape index (κ2) is 7.31. The first-order chi connectivity index (χ1) is 13.1. The van der Waals surface area contributed by atoms with Gasteiger partial charge in [0.15, 0.2) is 5.78 Å². The summed E-state index contributed by atoms with van der Waals surface area (Å²) in [6, 6.07) is 9.09. The standard InChI is InChI=1S/C21H21N3O3/c25-19-6-5-16-17(19)2-1-3-18(16)21(27)24(12-14-8-10-22-11-9-14)13-15-4-7-20(26)23-15/h1-3,8-11,15H,4-7,12-13H2,(H,23,26)/t15-/m0/s1. The summed E-state index contributed by atoms with van der Waals surface area (Å²) in [4.78, 5) is 42.8. The molecule has 0 unspecified atom stereocenters. The first kappa shape index (κ1) is 17.4. The number of rotatable bonds is 5. The molecule has 27 heavy (non-hydrogen) atoms. The number of nitrogens with zero attached hydrogens (tertiary/aromatic N) is 2. The van der Waals surface area contributed by atoms with Gasteiger partial charge in [-0.1, -0.05) is 12.1 Å². The van der Waals surface area contributed by atoms with Crippen LogP contribution in [0.3, 0.4) is 0 Å². The number of hydrogen-bond acceptors (Lipinski definition) is 4. The van der Waals surface area contributed by atoms with Crippen LogP contribution in [0.15, 0.2) is 42.7 Å². The van der Waals surface area contributed by atoms with Crippen LogP contribution in [-0.2, 0) is 17.8 Å². The summed E-state index contributed by atoms with van der Waals surface area (Å²) < 4.78 is 0. The van der Waals surface area contributed by atoms with Crippen molar-refractivity contribution in [3.63, 3.8) is 0 Å². The van der Waals surface area contributed by atoms with Gasteiger partial charge in [-0.25, -0.2) is 0 Å². The molecule has 0 radical (unpaired) electrons. The van der Waals surface area contributed by atoms with E-state index in [0.29, 0.717) is 43.5 Å². The molecule has 2 heterocycles. The van der Waals surface area contributed by atoms with Crippen LogP contribution in [0.1, 0.15) is 51.1 Å². The average Bonchev–Trinajstić information content (AvgIpc) is 3.27. The molecule has 1 N–H and O–H groups in total. The van der Waals surface area contributed by atoms with E-state index >= 15 is 0 Å². The quantitative estimate of drug-likeness (QED) is 0.883. The second-order valence-electron chi connectivity index (χ2n) is 7.10. The molecular formula is C21H21N3O3. The highest BCUT2D eigenvalue weighted by Crippen LogP contribution is 2.27. The van der Waals surface area contributed by atoms with Gasteiger partial charge in [-0.15, -0.1) is 0 Å². The maximum atomic E-state index is 13.4. The van der Waals surface area contributed by atoms with Gasteiger partial charge in [-0.05, 0) is 42.2 Å². The van der Waals surface area contributed by atoms with Crippen LogP contribution in [0.5, 0.6) is 0 Å². The van der Waals surface area contributed by atoms with Crippen LogP contribution < -0.4 is 5.32 Å². The summed E-state index contributed by atoms with van der Waals surface area (Å²) in [6.07, 6.45) is 5.70. The van der Waals surface area contributed by atoms with E-state index in [4.69, 9.17) is 0 Å². The Kier molecular flexibility index (Phi) is 4.71. The lowest BCUT2D eigenvalue weighted by Crippen LogP contribution is -2.41. The highest BCUT2D eigenvalue weighted by molar-refractivity contribution is 6.05. The molecule has 1 aliphatic carbocycles. The maximum Gasteiger partial charge on any atom is 0.254 e. The molecule has 2 amide bonds. The molecule has 1 atom stereocenters. The van der Waals surface area contributed by atoms with Crippen molar-refractivity contribution in [2.75, 3.05) is 6.54 Å². The van der Waals surface area contributed by atoms with Crippen molar-refractivity contribution in [1.29, 1.82) is 0 Å². The van der Waals surface area contributed by atoms with Crippen LogP contribution >= 0.6 is 0 Å². The Labute approximate surface area is 157 Å². The van der Waals surface area contributed by atoms with Crippen molar-refractivity contribution < 1.29 is 14.4 Å². The number of ketones is 1. The lowest BCUT2D eigenvalue weighted by atomic mass is 10.0. The Morgan fingerprint density at radius 3 is 2.67 bits per heavy atom. The first-order valence-corrected chi connectivity index (χ1v) is 9.24. The second-order valence-corrected chi connectivity index (χ2v) is 7.10. The summed E-state index contributed by atoms with van der Waals surface area (Å²) >= 11 is 0. The number of fused-ring (bicyclic) bond motifs is 1. The lowest BCUT2D eigenvalue weighted by molar-refractivity contribution is -0.119. The molecule has 1 aromatic heterocycles. The number of benzene rings is 1. The predicted octanol–water partition coefficient (Wildman–Crippen LogP) is 2.13. The third-order valence-corrected chi connectivity index (χ3v) is 5.24. The fraction of sp³-hybridized carbons (Fsp3) is 0.333. The van der Waals surface area contributed by atoms with E-state index in [1.54, 1.807) is 35.5 Å². The molecule has 1 aromatic carbocycles. The molecule has 6 heteroatoms. The largest absolute Gasteiger partial charge is 0.352 e. The average molecular weight is 363 g/mol. The number of carbonyl (C=O) groups excluding carboxylic acids is 3. The molecule has 0 spiro atoms. The van der Waals surface area contributed by atoms with Crippen LogP contribution in [0.4, 0.5) is 0 Å². The first-order valence-electron chi connectivity index (χ1n) is 9.24. The van der Waals surface area contributed by atoms with Gasteiger partial charge in [-0.3, -0.25) is 19.4 Å². The number of pyridine rings is 1. The van der Waals surface area contributed by atoms with E-state index in [1.165, 1.54) is 0 Å². The smallest absolute Gasteiger partial charge is 0.254 e. The van der Waals surface area contributed by atoms with Gasteiger partial charge in [-0.2, -0.15) is 0 Å². The Morgan fingerprint density at radius 1 is 1.11 bits per heavy atom. The predicted molar refractivity (Wildman–Crippen MR) is 99.2 cm³/mol. The lowest BCUT2D eigenvalue weighted by Gasteiger charge is -2.27. The van der Waals surface area contributed by atoms with Crippen molar-refractivity contribution >= 4 is 17.6 Å². The van der Waals surface area contributed by atoms with Crippen molar-refractivity contribution in [1.82, 2.24) is 15.2 Å². The molecule has 4 rings (SSSR count).